The molecule has 1 saturated heterocycles. The fourth-order valence-electron chi connectivity index (χ4n) is 7.02. The first kappa shape index (κ1) is 36.4. The molecule has 2 aliphatic heterocycles. The highest BCUT2D eigenvalue weighted by molar-refractivity contribution is 7.91. The van der Waals surface area contributed by atoms with Gasteiger partial charge in [-0.2, -0.15) is 0 Å². The van der Waals surface area contributed by atoms with Crippen LogP contribution in [0.1, 0.15) is 86.7 Å². The van der Waals surface area contributed by atoms with Crippen molar-refractivity contribution in [2.24, 2.45) is 5.92 Å². The second-order valence-corrected chi connectivity index (χ2v) is 17.0. The summed E-state index contributed by atoms with van der Waals surface area (Å²) in [5.74, 6) is -3.65. The molecule has 0 bridgehead atoms. The summed E-state index contributed by atoms with van der Waals surface area (Å²) in [5, 5.41) is 9.37. The number of sulfonamides is 1. The van der Waals surface area contributed by atoms with Crippen LogP contribution in [0, 0.1) is 25.6 Å². The number of nitrogens with one attached hydrogen (secondary N) is 3. The maximum absolute atomic E-state index is 14.5. The van der Waals surface area contributed by atoms with Crippen molar-refractivity contribution in [1.82, 2.24) is 35.4 Å². The van der Waals surface area contributed by atoms with Gasteiger partial charge >= 0.3 is 0 Å². The summed E-state index contributed by atoms with van der Waals surface area (Å²) in [7, 11) is -4.01. The Labute approximate surface area is 305 Å². The molecule has 4 aliphatic rings. The Morgan fingerprint density at radius 1 is 1.09 bits per heavy atom. The first-order valence-corrected chi connectivity index (χ1v) is 19.4. The number of benzene rings is 1. The van der Waals surface area contributed by atoms with E-state index in [2.05, 4.69) is 30.5 Å². The predicted octanol–water partition coefficient (Wildman–Crippen LogP) is 2.91. The van der Waals surface area contributed by atoms with Gasteiger partial charge < -0.3 is 24.8 Å². The maximum atomic E-state index is 14.5. The number of rotatable bonds is 7. The molecule has 53 heavy (non-hydrogen) atoms. The second kappa shape index (κ2) is 13.8. The van der Waals surface area contributed by atoms with Crippen LogP contribution in [0.15, 0.2) is 40.9 Å². The first-order chi connectivity index (χ1) is 25.2. The average molecular weight is 752 g/mol. The molecule has 3 fully saturated rings. The van der Waals surface area contributed by atoms with Gasteiger partial charge in [-0.05, 0) is 71.4 Å². The van der Waals surface area contributed by atoms with E-state index in [-0.39, 0.29) is 43.0 Å². The van der Waals surface area contributed by atoms with Crippen molar-refractivity contribution in [2.75, 3.05) is 6.54 Å². The molecule has 2 aromatic heterocycles. The standard InChI is InChI=1S/C36H42FN7O8S/c1-20-15-29(52-42-20)31(46)39-26-10-8-6-4-5-7-9-22-18-36(22,34(48)43-53(49,50)35(3)13-14-35)41-30(45)28-17-24(19-44(28)33(26)47)51-32-21(2)38-25-12-11-23(37)16-27(25)40-32/h7,9,11-12,15-16,22,24,26,28H,4-6,8,10,13-14,17-19H2,1-3H3,(H,39,46)(H,41,45)(H,43,48)/b9-7-/t22-,24-,26+,28+,36-/m1/s1. The van der Waals surface area contributed by atoms with Crippen LogP contribution in [0.5, 0.6) is 5.88 Å². The number of allylic oxidation sites excluding steroid dienone is 1. The lowest BCUT2D eigenvalue weighted by atomic mass is 10.0. The monoisotopic (exact) mass is 751 g/mol. The number of fused-ring (bicyclic) bond motifs is 3. The van der Waals surface area contributed by atoms with Crippen molar-refractivity contribution in [2.45, 2.75) is 107 Å². The zero-order valence-electron chi connectivity index (χ0n) is 29.7. The van der Waals surface area contributed by atoms with E-state index in [1.807, 2.05) is 12.2 Å². The minimum atomic E-state index is -4.01. The van der Waals surface area contributed by atoms with Gasteiger partial charge in [-0.3, -0.25) is 23.9 Å². The molecule has 15 nitrogen and oxygen atoms in total. The van der Waals surface area contributed by atoms with E-state index < -0.39 is 73.9 Å². The molecule has 4 amide bonds. The molecule has 5 atom stereocenters. The number of amides is 4. The lowest BCUT2D eigenvalue weighted by Crippen LogP contribution is -2.58. The normalized spacial score (nSPS) is 27.7. The Balaban J connectivity index is 1.20. The Hall–Kier alpha value is -4.93. The summed E-state index contributed by atoms with van der Waals surface area (Å²) in [5.41, 5.74) is 0.0547. The number of aryl methyl sites for hydroxylation is 2. The minimum Gasteiger partial charge on any atom is -0.471 e. The van der Waals surface area contributed by atoms with Crippen molar-refractivity contribution in [3.63, 3.8) is 0 Å². The Morgan fingerprint density at radius 3 is 2.62 bits per heavy atom. The van der Waals surface area contributed by atoms with Crippen LogP contribution < -0.4 is 20.1 Å². The van der Waals surface area contributed by atoms with E-state index in [0.717, 1.165) is 12.8 Å². The van der Waals surface area contributed by atoms with Crippen molar-refractivity contribution in [1.29, 1.82) is 0 Å². The third-order valence-corrected chi connectivity index (χ3v) is 12.8. The third-order valence-electron chi connectivity index (χ3n) is 10.7. The molecule has 0 unspecified atom stereocenters. The summed E-state index contributed by atoms with van der Waals surface area (Å²) < 4.78 is 52.8. The van der Waals surface area contributed by atoms with Crippen molar-refractivity contribution in [3.8, 4) is 5.88 Å². The zero-order chi connectivity index (χ0) is 37.7. The highest BCUT2D eigenvalue weighted by Crippen LogP contribution is 2.47. The SMILES string of the molecule is Cc1cc(C(=O)N[C@H]2CCCCC/C=C\[C@@H]3C[C@@]3(C(=O)NS(=O)(=O)C3(C)CC3)NC(=O)[C@@H]3C[C@@H](Oc4nc5cc(F)ccc5nc4C)CN3C2=O)on1. The van der Waals surface area contributed by atoms with Gasteiger partial charge in [0.15, 0.2) is 0 Å². The Morgan fingerprint density at radius 2 is 1.89 bits per heavy atom. The molecule has 2 aliphatic carbocycles. The largest absolute Gasteiger partial charge is 0.471 e. The van der Waals surface area contributed by atoms with Gasteiger partial charge in [-0.15, -0.1) is 0 Å². The number of carbonyl (C=O) groups is 4. The number of hydrogen-bond acceptors (Lipinski definition) is 11. The molecular weight excluding hydrogens is 710 g/mol. The van der Waals surface area contributed by atoms with Gasteiger partial charge in [0, 0.05) is 24.5 Å². The molecule has 3 N–H and O–H groups in total. The molecule has 17 heteroatoms. The van der Waals surface area contributed by atoms with E-state index in [9.17, 15) is 32.0 Å². The molecule has 3 aromatic rings. The van der Waals surface area contributed by atoms with Crippen LogP contribution in [0.25, 0.3) is 11.0 Å². The number of ether oxygens (including phenoxy) is 1. The highest BCUT2D eigenvalue weighted by atomic mass is 32.2. The van der Waals surface area contributed by atoms with Crippen LogP contribution in [0.4, 0.5) is 4.39 Å². The van der Waals surface area contributed by atoms with Gasteiger partial charge in [0.25, 0.3) is 11.8 Å². The smallest absolute Gasteiger partial charge is 0.290 e. The molecule has 1 aromatic carbocycles. The highest BCUT2D eigenvalue weighted by Gasteiger charge is 2.63. The number of carbonyl (C=O) groups excluding carboxylic acids is 4. The topological polar surface area (TPSA) is 203 Å². The van der Waals surface area contributed by atoms with Crippen LogP contribution in [0.2, 0.25) is 0 Å². The van der Waals surface area contributed by atoms with E-state index >= 15 is 0 Å². The van der Waals surface area contributed by atoms with Gasteiger partial charge in [0.05, 0.1) is 28.0 Å². The van der Waals surface area contributed by atoms with E-state index in [1.165, 1.54) is 29.2 Å². The van der Waals surface area contributed by atoms with Gasteiger partial charge in [-0.1, -0.05) is 30.2 Å². The number of nitrogens with zero attached hydrogens (tertiary/aromatic N) is 4. The van der Waals surface area contributed by atoms with Gasteiger partial charge in [0.2, 0.25) is 33.5 Å². The van der Waals surface area contributed by atoms with Crippen LogP contribution in [-0.4, -0.2) is 87.1 Å². The summed E-state index contributed by atoms with van der Waals surface area (Å²) in [6, 6.07) is 3.22. The Bertz CT molecular complexity index is 2120. The maximum Gasteiger partial charge on any atom is 0.290 e. The fraction of sp³-hybridized carbons (Fsp3) is 0.528. The average Bonchev–Trinajstić information content (AvgIpc) is 3.91. The van der Waals surface area contributed by atoms with Crippen molar-refractivity contribution in [3.05, 3.63) is 59.4 Å². The molecule has 0 radical (unpaired) electrons. The van der Waals surface area contributed by atoms with Crippen LogP contribution >= 0.6 is 0 Å². The van der Waals surface area contributed by atoms with E-state index in [0.29, 0.717) is 42.6 Å². The number of hydrogen-bond donors (Lipinski definition) is 3. The molecule has 0 spiro atoms. The van der Waals surface area contributed by atoms with Crippen LogP contribution in [0.3, 0.4) is 0 Å². The van der Waals surface area contributed by atoms with Crippen LogP contribution in [-0.2, 0) is 24.4 Å². The number of aromatic nitrogens is 3. The van der Waals surface area contributed by atoms with E-state index in [4.69, 9.17) is 9.26 Å². The summed E-state index contributed by atoms with van der Waals surface area (Å²) in [4.78, 5) is 66.0. The first-order valence-electron chi connectivity index (χ1n) is 17.9. The van der Waals surface area contributed by atoms with Gasteiger partial charge in [0.1, 0.15) is 35.2 Å². The summed E-state index contributed by atoms with van der Waals surface area (Å²) >= 11 is 0. The summed E-state index contributed by atoms with van der Waals surface area (Å²) in [6.07, 6.45) is 6.94. The summed E-state index contributed by atoms with van der Waals surface area (Å²) in [6.45, 7) is 4.81. The van der Waals surface area contributed by atoms with Gasteiger partial charge in [-0.25, -0.2) is 22.8 Å². The fourth-order valence-corrected chi connectivity index (χ4v) is 8.33. The van der Waals surface area contributed by atoms with Crippen molar-refractivity contribution < 1.29 is 41.2 Å². The molecular formula is C36H42FN7O8S. The lowest BCUT2D eigenvalue weighted by Gasteiger charge is -2.29. The minimum absolute atomic E-state index is 0.0313. The van der Waals surface area contributed by atoms with Crippen molar-refractivity contribution >= 4 is 44.7 Å². The lowest BCUT2D eigenvalue weighted by molar-refractivity contribution is -0.141. The molecule has 7 rings (SSSR count). The molecule has 4 heterocycles. The zero-order valence-corrected chi connectivity index (χ0v) is 30.5. The second-order valence-electron chi connectivity index (χ2n) is 14.8. The predicted molar refractivity (Wildman–Crippen MR) is 187 cm³/mol. The molecule has 282 valence electrons. The Kier molecular flexibility index (Phi) is 9.49. The molecule has 2 saturated carbocycles. The quantitative estimate of drug-likeness (QED) is 0.300. The third kappa shape index (κ3) is 7.35. The number of halogens is 1. The van der Waals surface area contributed by atoms with E-state index in [1.54, 1.807) is 20.8 Å².